The number of hydrogen-bond acceptors (Lipinski definition) is 3. The third-order valence-electron chi connectivity index (χ3n) is 2.91. The summed E-state index contributed by atoms with van der Waals surface area (Å²) in [6, 6.07) is 9.59. The van der Waals surface area contributed by atoms with E-state index in [1.165, 1.54) is 0 Å². The molecule has 0 unspecified atom stereocenters. The normalized spacial score (nSPS) is 10.6. The first-order valence-electron chi connectivity index (χ1n) is 6.50. The molecule has 0 N–H and O–H groups in total. The highest BCUT2D eigenvalue weighted by Gasteiger charge is 2.19. The van der Waals surface area contributed by atoms with Gasteiger partial charge in [-0.1, -0.05) is 25.4 Å². The van der Waals surface area contributed by atoms with Gasteiger partial charge in [-0.2, -0.15) is 10.4 Å². The Kier molecular flexibility index (Phi) is 4.31. The molecule has 0 spiro atoms. The summed E-state index contributed by atoms with van der Waals surface area (Å²) in [4.78, 5) is 0. The first kappa shape index (κ1) is 14.4. The first-order valence-corrected chi connectivity index (χ1v) is 6.88. The number of nitriles is 1. The maximum atomic E-state index is 9.21. The van der Waals surface area contributed by atoms with Gasteiger partial charge < -0.3 is 4.74 Å². The van der Waals surface area contributed by atoms with Gasteiger partial charge in [-0.15, -0.1) is 0 Å². The van der Waals surface area contributed by atoms with E-state index in [9.17, 15) is 5.26 Å². The molecule has 20 heavy (non-hydrogen) atoms. The summed E-state index contributed by atoms with van der Waals surface area (Å²) < 4.78 is 6.99. The first-order chi connectivity index (χ1) is 9.58. The quantitative estimate of drug-likeness (QED) is 0.857. The van der Waals surface area contributed by atoms with Crippen molar-refractivity contribution in [2.75, 3.05) is 6.61 Å². The highest BCUT2D eigenvalue weighted by Crippen LogP contribution is 2.28. The number of rotatable bonds is 4. The molecule has 1 heterocycles. The minimum atomic E-state index is 0.145. The van der Waals surface area contributed by atoms with Crippen molar-refractivity contribution >= 4 is 11.6 Å². The zero-order valence-electron chi connectivity index (χ0n) is 11.7. The van der Waals surface area contributed by atoms with Gasteiger partial charge in [0.1, 0.15) is 17.4 Å². The van der Waals surface area contributed by atoms with E-state index in [1.54, 1.807) is 4.68 Å². The number of ether oxygens (including phenoxy) is 1. The molecule has 1 aromatic carbocycles. The van der Waals surface area contributed by atoms with Gasteiger partial charge in [-0.3, -0.25) is 0 Å². The summed E-state index contributed by atoms with van der Waals surface area (Å²) in [6.07, 6.45) is 0. The second-order valence-corrected chi connectivity index (χ2v) is 5.01. The molecule has 0 saturated heterocycles. The number of benzene rings is 1. The Labute approximate surface area is 123 Å². The van der Waals surface area contributed by atoms with Crippen LogP contribution in [0.15, 0.2) is 24.3 Å². The Hall–Kier alpha value is -1.99. The van der Waals surface area contributed by atoms with Crippen molar-refractivity contribution in [1.29, 1.82) is 5.26 Å². The fraction of sp³-hybridized carbons (Fsp3) is 0.333. The molecular weight excluding hydrogens is 274 g/mol. The molecule has 0 aliphatic heterocycles. The van der Waals surface area contributed by atoms with Crippen LogP contribution < -0.4 is 4.74 Å². The Balaban J connectivity index is 2.45. The summed E-state index contributed by atoms with van der Waals surface area (Å²) in [6.45, 7) is 6.54. The van der Waals surface area contributed by atoms with Crippen LogP contribution in [-0.4, -0.2) is 16.4 Å². The lowest BCUT2D eigenvalue weighted by molar-refractivity contribution is 0.340. The van der Waals surface area contributed by atoms with Gasteiger partial charge in [0.25, 0.3) is 0 Å². The zero-order valence-corrected chi connectivity index (χ0v) is 12.5. The predicted octanol–water partition coefficient (Wildman–Crippen LogP) is 3.92. The predicted molar refractivity (Wildman–Crippen MR) is 78.5 cm³/mol. The van der Waals surface area contributed by atoms with Crippen molar-refractivity contribution < 1.29 is 4.74 Å². The second kappa shape index (κ2) is 5.98. The highest BCUT2D eigenvalue weighted by atomic mass is 35.5. The molecule has 0 fully saturated rings. The molecule has 4 nitrogen and oxygen atoms in total. The number of aromatic nitrogens is 2. The zero-order chi connectivity index (χ0) is 14.7. The van der Waals surface area contributed by atoms with Crippen molar-refractivity contribution in [3.8, 4) is 17.5 Å². The van der Waals surface area contributed by atoms with E-state index in [4.69, 9.17) is 16.3 Å². The smallest absolute Gasteiger partial charge is 0.150 e. The van der Waals surface area contributed by atoms with Crippen molar-refractivity contribution in [2.24, 2.45) is 0 Å². The topological polar surface area (TPSA) is 50.8 Å². The largest absolute Gasteiger partial charge is 0.494 e. The standard InChI is InChI=1S/C15H16ClN3O/c1-4-20-12-7-5-11(6-8-12)19-15(16)13(9-17)14(18-19)10(2)3/h5-8,10H,4H2,1-3H3. The summed E-state index contributed by atoms with van der Waals surface area (Å²) >= 11 is 6.26. The van der Waals surface area contributed by atoms with E-state index >= 15 is 0 Å². The molecular formula is C15H16ClN3O. The van der Waals surface area contributed by atoms with Crippen molar-refractivity contribution in [3.05, 3.63) is 40.7 Å². The molecule has 0 radical (unpaired) electrons. The molecule has 104 valence electrons. The molecule has 0 saturated carbocycles. The summed E-state index contributed by atoms with van der Waals surface area (Å²) in [7, 11) is 0. The van der Waals surface area contributed by atoms with Crippen LogP contribution in [0, 0.1) is 11.3 Å². The summed E-state index contributed by atoms with van der Waals surface area (Å²) in [5, 5.41) is 14.0. The molecule has 0 bridgehead atoms. The third-order valence-corrected chi connectivity index (χ3v) is 3.26. The second-order valence-electron chi connectivity index (χ2n) is 4.66. The number of halogens is 1. The number of hydrogen-bond donors (Lipinski definition) is 0. The number of nitrogens with zero attached hydrogens (tertiary/aromatic N) is 3. The van der Waals surface area contributed by atoms with Gasteiger partial charge in [0.2, 0.25) is 0 Å². The molecule has 0 aliphatic rings. The van der Waals surface area contributed by atoms with Gasteiger partial charge in [0.15, 0.2) is 5.15 Å². The molecule has 0 amide bonds. The van der Waals surface area contributed by atoms with Gasteiger partial charge in [0.05, 0.1) is 18.0 Å². The lowest BCUT2D eigenvalue weighted by Gasteiger charge is -2.06. The van der Waals surface area contributed by atoms with E-state index in [2.05, 4.69) is 11.2 Å². The molecule has 1 aromatic heterocycles. The van der Waals surface area contributed by atoms with Crippen LogP contribution in [0.5, 0.6) is 5.75 Å². The Morgan fingerprint density at radius 1 is 1.35 bits per heavy atom. The molecule has 2 aromatic rings. The SMILES string of the molecule is CCOc1ccc(-n2nc(C(C)C)c(C#N)c2Cl)cc1. The average molecular weight is 290 g/mol. The van der Waals surface area contributed by atoms with Crippen LogP contribution in [0.4, 0.5) is 0 Å². The van der Waals surface area contributed by atoms with Crippen LogP contribution in [0.25, 0.3) is 5.69 Å². The fourth-order valence-electron chi connectivity index (χ4n) is 1.94. The van der Waals surface area contributed by atoms with E-state index in [-0.39, 0.29) is 5.92 Å². The maximum absolute atomic E-state index is 9.21. The van der Waals surface area contributed by atoms with Crippen molar-refractivity contribution in [1.82, 2.24) is 9.78 Å². The lowest BCUT2D eigenvalue weighted by atomic mass is 10.1. The van der Waals surface area contributed by atoms with Crippen molar-refractivity contribution in [2.45, 2.75) is 26.7 Å². The monoisotopic (exact) mass is 289 g/mol. The Morgan fingerprint density at radius 3 is 2.45 bits per heavy atom. The van der Waals surface area contributed by atoms with Gasteiger partial charge in [-0.25, -0.2) is 4.68 Å². The minimum absolute atomic E-state index is 0.145. The Morgan fingerprint density at radius 2 is 2.00 bits per heavy atom. The highest BCUT2D eigenvalue weighted by molar-refractivity contribution is 6.31. The van der Waals surface area contributed by atoms with Crippen LogP contribution in [0.2, 0.25) is 5.15 Å². The molecule has 2 rings (SSSR count). The molecule has 0 atom stereocenters. The summed E-state index contributed by atoms with van der Waals surface area (Å²) in [5.74, 6) is 0.940. The summed E-state index contributed by atoms with van der Waals surface area (Å²) in [5.41, 5.74) is 1.96. The third kappa shape index (κ3) is 2.63. The van der Waals surface area contributed by atoms with Crippen LogP contribution in [-0.2, 0) is 0 Å². The van der Waals surface area contributed by atoms with Crippen molar-refractivity contribution in [3.63, 3.8) is 0 Å². The molecule has 0 aliphatic carbocycles. The van der Waals surface area contributed by atoms with Gasteiger partial charge >= 0.3 is 0 Å². The van der Waals surface area contributed by atoms with E-state index in [1.807, 2.05) is 45.0 Å². The van der Waals surface area contributed by atoms with E-state index in [0.717, 1.165) is 11.4 Å². The van der Waals surface area contributed by atoms with E-state index < -0.39 is 0 Å². The van der Waals surface area contributed by atoms with Crippen LogP contribution in [0.1, 0.15) is 37.9 Å². The minimum Gasteiger partial charge on any atom is -0.494 e. The van der Waals surface area contributed by atoms with E-state index in [0.29, 0.717) is 23.0 Å². The lowest BCUT2D eigenvalue weighted by Crippen LogP contribution is -1.99. The van der Waals surface area contributed by atoms with Gasteiger partial charge in [0, 0.05) is 0 Å². The van der Waals surface area contributed by atoms with Crippen LogP contribution in [0.3, 0.4) is 0 Å². The maximum Gasteiger partial charge on any atom is 0.150 e. The van der Waals surface area contributed by atoms with Gasteiger partial charge in [-0.05, 0) is 37.1 Å². The van der Waals surface area contributed by atoms with Crippen LogP contribution >= 0.6 is 11.6 Å². The fourth-order valence-corrected chi connectivity index (χ4v) is 2.22. The Bertz CT molecular complexity index is 638. The average Bonchev–Trinajstić information content (AvgIpc) is 2.77. The molecule has 5 heteroatoms.